The van der Waals surface area contributed by atoms with Gasteiger partial charge < -0.3 is 4.98 Å². The van der Waals surface area contributed by atoms with Crippen molar-refractivity contribution in [3.63, 3.8) is 0 Å². The fourth-order valence-electron chi connectivity index (χ4n) is 3.24. The summed E-state index contributed by atoms with van der Waals surface area (Å²) in [5.41, 5.74) is 1.86. The fraction of sp³-hybridized carbons (Fsp3) is 0.471. The van der Waals surface area contributed by atoms with Crippen LogP contribution in [0.15, 0.2) is 30.5 Å². The number of nitrogens with zero attached hydrogens (tertiary/aromatic N) is 1. The molecule has 3 nitrogen and oxygen atoms in total. The number of piperidine rings is 1. The molecule has 0 aliphatic carbocycles. The van der Waals surface area contributed by atoms with Crippen LogP contribution in [0.5, 0.6) is 0 Å². The van der Waals surface area contributed by atoms with Crippen LogP contribution in [0, 0.1) is 5.92 Å². The van der Waals surface area contributed by atoms with E-state index < -0.39 is 0 Å². The highest BCUT2D eigenvalue weighted by molar-refractivity contribution is 6.10. The molecule has 2 aromatic rings. The van der Waals surface area contributed by atoms with E-state index in [0.29, 0.717) is 5.92 Å². The van der Waals surface area contributed by atoms with Gasteiger partial charge in [0.05, 0.1) is 6.04 Å². The molecule has 3 rings (SSSR count). The largest absolute Gasteiger partial charge is 0.360 e. The molecule has 3 heteroatoms. The summed E-state index contributed by atoms with van der Waals surface area (Å²) < 4.78 is 0. The molecule has 1 N–H and O–H groups in total. The lowest BCUT2D eigenvalue weighted by atomic mass is 9.96. The number of Topliss-reactive ketones (excluding diaryl/α,β-unsaturated/α-hetero) is 1. The molecular weight excluding hydrogens is 248 g/mol. The SMILES string of the molecule is C[C@@H]1CCCN([C@H](C)C(=O)c2c[nH]c3ccccc23)C1. The minimum Gasteiger partial charge on any atom is -0.360 e. The quantitative estimate of drug-likeness (QED) is 0.867. The van der Waals surface area contributed by atoms with Gasteiger partial charge in [0.25, 0.3) is 0 Å². The predicted octanol–water partition coefficient (Wildman–Crippen LogP) is 3.47. The average molecular weight is 270 g/mol. The minimum absolute atomic E-state index is 0.0306. The third-order valence-electron chi connectivity index (χ3n) is 4.47. The monoisotopic (exact) mass is 270 g/mol. The van der Waals surface area contributed by atoms with Gasteiger partial charge in [-0.1, -0.05) is 25.1 Å². The third kappa shape index (κ3) is 2.38. The molecule has 0 bridgehead atoms. The van der Waals surface area contributed by atoms with Crippen LogP contribution in [-0.2, 0) is 0 Å². The van der Waals surface area contributed by atoms with E-state index in [9.17, 15) is 4.79 Å². The lowest BCUT2D eigenvalue weighted by Crippen LogP contribution is -2.44. The Morgan fingerprint density at radius 3 is 3.00 bits per heavy atom. The molecule has 1 aliphatic rings. The Kier molecular flexibility index (Phi) is 3.62. The highest BCUT2D eigenvalue weighted by Gasteiger charge is 2.27. The van der Waals surface area contributed by atoms with E-state index in [2.05, 4.69) is 16.8 Å². The molecule has 0 amide bonds. The van der Waals surface area contributed by atoms with Crippen LogP contribution in [0.3, 0.4) is 0 Å². The Morgan fingerprint density at radius 1 is 1.40 bits per heavy atom. The van der Waals surface area contributed by atoms with Crippen LogP contribution in [0.4, 0.5) is 0 Å². The molecule has 1 fully saturated rings. The maximum absolute atomic E-state index is 12.8. The summed E-state index contributed by atoms with van der Waals surface area (Å²) in [4.78, 5) is 18.3. The number of hydrogen-bond donors (Lipinski definition) is 1. The van der Waals surface area contributed by atoms with Crippen molar-refractivity contribution in [1.82, 2.24) is 9.88 Å². The second-order valence-electron chi connectivity index (χ2n) is 6.03. The van der Waals surface area contributed by atoms with E-state index in [0.717, 1.165) is 29.6 Å². The Hall–Kier alpha value is -1.61. The maximum atomic E-state index is 12.8. The first kappa shape index (κ1) is 13.4. The molecule has 0 spiro atoms. The van der Waals surface area contributed by atoms with Gasteiger partial charge in [-0.15, -0.1) is 0 Å². The maximum Gasteiger partial charge on any atom is 0.181 e. The fourth-order valence-corrected chi connectivity index (χ4v) is 3.24. The topological polar surface area (TPSA) is 36.1 Å². The average Bonchev–Trinajstić information content (AvgIpc) is 2.89. The van der Waals surface area contributed by atoms with Crippen molar-refractivity contribution in [1.29, 1.82) is 0 Å². The Bertz CT molecular complexity index is 616. The van der Waals surface area contributed by atoms with Gasteiger partial charge in [0.2, 0.25) is 0 Å². The minimum atomic E-state index is -0.0306. The summed E-state index contributed by atoms with van der Waals surface area (Å²) in [6.45, 7) is 6.39. The van der Waals surface area contributed by atoms with Gasteiger partial charge in [0.15, 0.2) is 5.78 Å². The number of carbonyl (C=O) groups is 1. The zero-order chi connectivity index (χ0) is 14.1. The third-order valence-corrected chi connectivity index (χ3v) is 4.47. The van der Waals surface area contributed by atoms with Crippen molar-refractivity contribution in [3.05, 3.63) is 36.0 Å². The molecule has 106 valence electrons. The van der Waals surface area contributed by atoms with Crippen LogP contribution < -0.4 is 0 Å². The van der Waals surface area contributed by atoms with E-state index in [1.807, 2.05) is 37.4 Å². The molecule has 20 heavy (non-hydrogen) atoms. The van der Waals surface area contributed by atoms with Gasteiger partial charge in [0.1, 0.15) is 0 Å². The highest BCUT2D eigenvalue weighted by atomic mass is 16.1. The molecular formula is C17H22N2O. The smallest absolute Gasteiger partial charge is 0.181 e. The Labute approximate surface area is 120 Å². The summed E-state index contributed by atoms with van der Waals surface area (Å²) >= 11 is 0. The van der Waals surface area contributed by atoms with Gasteiger partial charge in [-0.25, -0.2) is 0 Å². The second kappa shape index (κ2) is 5.41. The standard InChI is InChI=1S/C17H22N2O/c1-12-6-5-9-19(11-12)13(2)17(20)15-10-18-16-8-4-3-7-14(15)16/h3-4,7-8,10,12-13,18H,5-6,9,11H2,1-2H3/t12-,13-/m1/s1. The summed E-state index contributed by atoms with van der Waals surface area (Å²) in [5, 5.41) is 1.04. The lowest BCUT2D eigenvalue weighted by Gasteiger charge is -2.34. The van der Waals surface area contributed by atoms with E-state index in [4.69, 9.17) is 0 Å². The van der Waals surface area contributed by atoms with Crippen molar-refractivity contribution >= 4 is 16.7 Å². The van der Waals surface area contributed by atoms with Gasteiger partial charge in [-0.3, -0.25) is 9.69 Å². The highest BCUT2D eigenvalue weighted by Crippen LogP contribution is 2.23. The number of aromatic amines is 1. The molecule has 0 unspecified atom stereocenters. The number of H-pyrrole nitrogens is 1. The number of hydrogen-bond acceptors (Lipinski definition) is 2. The number of ketones is 1. The molecule has 2 heterocycles. The first-order chi connectivity index (χ1) is 9.66. The first-order valence-electron chi connectivity index (χ1n) is 7.51. The van der Waals surface area contributed by atoms with Crippen LogP contribution in [0.25, 0.3) is 10.9 Å². The zero-order valence-corrected chi connectivity index (χ0v) is 12.2. The molecule has 0 saturated carbocycles. The number of para-hydroxylation sites is 1. The van der Waals surface area contributed by atoms with Crippen molar-refractivity contribution < 1.29 is 4.79 Å². The molecule has 2 atom stereocenters. The number of nitrogens with one attached hydrogen (secondary N) is 1. The number of fused-ring (bicyclic) bond motifs is 1. The van der Waals surface area contributed by atoms with E-state index in [1.54, 1.807) is 0 Å². The van der Waals surface area contributed by atoms with Crippen LogP contribution in [0.1, 0.15) is 37.0 Å². The van der Waals surface area contributed by atoms with Crippen molar-refractivity contribution in [3.8, 4) is 0 Å². The molecule has 1 saturated heterocycles. The predicted molar refractivity (Wildman–Crippen MR) is 82.1 cm³/mol. The van der Waals surface area contributed by atoms with E-state index in [1.165, 1.54) is 12.8 Å². The number of aromatic nitrogens is 1. The number of carbonyl (C=O) groups excluding carboxylic acids is 1. The summed E-state index contributed by atoms with van der Waals surface area (Å²) in [7, 11) is 0. The van der Waals surface area contributed by atoms with E-state index >= 15 is 0 Å². The van der Waals surface area contributed by atoms with Gasteiger partial charge >= 0.3 is 0 Å². The summed E-state index contributed by atoms with van der Waals surface area (Å²) in [6.07, 6.45) is 4.34. The number of rotatable bonds is 3. The molecule has 1 aromatic carbocycles. The zero-order valence-electron chi connectivity index (χ0n) is 12.2. The van der Waals surface area contributed by atoms with Crippen LogP contribution >= 0.6 is 0 Å². The first-order valence-corrected chi connectivity index (χ1v) is 7.51. The molecule has 0 radical (unpaired) electrons. The van der Waals surface area contributed by atoms with Gasteiger partial charge in [-0.05, 0) is 38.3 Å². The Balaban J connectivity index is 1.84. The summed E-state index contributed by atoms with van der Waals surface area (Å²) in [6, 6.07) is 7.98. The van der Waals surface area contributed by atoms with Crippen LogP contribution in [0.2, 0.25) is 0 Å². The van der Waals surface area contributed by atoms with Crippen LogP contribution in [-0.4, -0.2) is 34.8 Å². The Morgan fingerprint density at radius 2 is 2.20 bits per heavy atom. The summed E-state index contributed by atoms with van der Waals surface area (Å²) in [5.74, 6) is 0.929. The number of benzene rings is 1. The van der Waals surface area contributed by atoms with Crippen molar-refractivity contribution in [2.45, 2.75) is 32.7 Å². The van der Waals surface area contributed by atoms with E-state index in [-0.39, 0.29) is 11.8 Å². The number of likely N-dealkylation sites (tertiary alicyclic amines) is 1. The second-order valence-corrected chi connectivity index (χ2v) is 6.03. The lowest BCUT2D eigenvalue weighted by molar-refractivity contribution is 0.0766. The molecule has 1 aliphatic heterocycles. The van der Waals surface area contributed by atoms with Crippen molar-refractivity contribution in [2.24, 2.45) is 5.92 Å². The van der Waals surface area contributed by atoms with Crippen molar-refractivity contribution in [2.75, 3.05) is 13.1 Å². The van der Waals surface area contributed by atoms with Gasteiger partial charge in [0, 0.05) is 29.2 Å². The normalized spacial score (nSPS) is 22.0. The van der Waals surface area contributed by atoms with Gasteiger partial charge in [-0.2, -0.15) is 0 Å². The molecule has 1 aromatic heterocycles.